The fourth-order valence-corrected chi connectivity index (χ4v) is 4.11. The molecule has 0 aromatic carbocycles. The molecular formula is C26H48O2. The number of ether oxygens (including phenoxy) is 1. The van der Waals surface area contributed by atoms with Gasteiger partial charge in [0.1, 0.15) is 5.78 Å². The van der Waals surface area contributed by atoms with Crippen molar-refractivity contribution < 1.29 is 9.53 Å². The third kappa shape index (κ3) is 12.8. The number of hydrogen-bond acceptors (Lipinski definition) is 2. The van der Waals surface area contributed by atoms with Crippen molar-refractivity contribution in [1.29, 1.82) is 0 Å². The van der Waals surface area contributed by atoms with Crippen molar-refractivity contribution in [2.75, 3.05) is 6.61 Å². The highest BCUT2D eigenvalue weighted by atomic mass is 16.5. The number of carbonyl (C=O) groups excluding carboxylic acids is 1. The second-order valence-electron chi connectivity index (χ2n) is 9.12. The smallest absolute Gasteiger partial charge is 0.133 e. The minimum Gasteiger partial charge on any atom is -0.378 e. The molecule has 3 atom stereocenters. The van der Waals surface area contributed by atoms with E-state index in [0.29, 0.717) is 30.1 Å². The topological polar surface area (TPSA) is 26.3 Å². The molecule has 0 aromatic heterocycles. The summed E-state index contributed by atoms with van der Waals surface area (Å²) in [5, 5.41) is 0. The molecule has 1 fully saturated rings. The zero-order valence-electron chi connectivity index (χ0n) is 19.2. The Morgan fingerprint density at radius 3 is 1.96 bits per heavy atom. The van der Waals surface area contributed by atoms with E-state index in [1.54, 1.807) is 0 Å². The van der Waals surface area contributed by atoms with Gasteiger partial charge in [0.25, 0.3) is 0 Å². The number of Topliss-reactive ketones (excluding diaryl/α,β-unsaturated/α-hetero) is 1. The van der Waals surface area contributed by atoms with Crippen LogP contribution < -0.4 is 0 Å². The Bertz CT molecular complexity index is 401. The van der Waals surface area contributed by atoms with Gasteiger partial charge >= 0.3 is 0 Å². The average molecular weight is 393 g/mol. The van der Waals surface area contributed by atoms with Gasteiger partial charge in [-0.15, -0.1) is 0 Å². The fraction of sp³-hybridized carbons (Fsp3) is 0.885. The van der Waals surface area contributed by atoms with E-state index >= 15 is 0 Å². The van der Waals surface area contributed by atoms with Gasteiger partial charge < -0.3 is 4.74 Å². The van der Waals surface area contributed by atoms with Gasteiger partial charge in [0, 0.05) is 19.4 Å². The minimum absolute atomic E-state index is 0.313. The maximum atomic E-state index is 12.1. The second-order valence-corrected chi connectivity index (χ2v) is 9.12. The van der Waals surface area contributed by atoms with E-state index < -0.39 is 0 Å². The van der Waals surface area contributed by atoms with E-state index in [1.807, 2.05) is 0 Å². The summed E-state index contributed by atoms with van der Waals surface area (Å²) in [7, 11) is 0. The van der Waals surface area contributed by atoms with Crippen molar-refractivity contribution in [3.8, 4) is 0 Å². The summed E-state index contributed by atoms with van der Waals surface area (Å²) in [6.07, 6.45) is 24.5. The van der Waals surface area contributed by atoms with E-state index in [-0.39, 0.29) is 0 Å². The van der Waals surface area contributed by atoms with Crippen LogP contribution in [0.5, 0.6) is 0 Å². The van der Waals surface area contributed by atoms with Crippen molar-refractivity contribution in [2.45, 2.75) is 130 Å². The Hall–Kier alpha value is -0.630. The Morgan fingerprint density at radius 1 is 0.821 bits per heavy atom. The lowest BCUT2D eigenvalue weighted by Gasteiger charge is -2.15. The van der Waals surface area contributed by atoms with Gasteiger partial charge in [-0.25, -0.2) is 0 Å². The molecule has 0 amide bonds. The molecule has 0 saturated carbocycles. The zero-order valence-corrected chi connectivity index (χ0v) is 19.2. The van der Waals surface area contributed by atoms with Crippen LogP contribution in [0.15, 0.2) is 12.2 Å². The predicted octanol–water partition coefficient (Wildman–Crippen LogP) is 8.04. The zero-order chi connectivity index (χ0) is 20.5. The van der Waals surface area contributed by atoms with E-state index in [0.717, 1.165) is 25.9 Å². The molecule has 3 unspecified atom stereocenters. The normalized spacial score (nSPS) is 22.3. The van der Waals surface area contributed by atoms with Gasteiger partial charge in [-0.2, -0.15) is 0 Å². The summed E-state index contributed by atoms with van der Waals surface area (Å²) in [4.78, 5) is 12.1. The Balaban J connectivity index is 1.82. The molecule has 164 valence electrons. The Morgan fingerprint density at radius 2 is 1.39 bits per heavy atom. The lowest BCUT2D eigenvalue weighted by molar-refractivity contribution is -0.119. The van der Waals surface area contributed by atoms with E-state index in [4.69, 9.17) is 4.74 Å². The molecule has 28 heavy (non-hydrogen) atoms. The molecule has 0 N–H and O–H groups in total. The monoisotopic (exact) mass is 392 g/mol. The molecule has 0 radical (unpaired) electrons. The SMILES string of the molecule is CCCCCCCC/C=C\CCCCCCCC(=O)CCC1OCC(C)C1C. The fourth-order valence-electron chi connectivity index (χ4n) is 4.11. The molecule has 0 bridgehead atoms. The van der Waals surface area contributed by atoms with E-state index in [2.05, 4.69) is 32.9 Å². The van der Waals surface area contributed by atoms with Gasteiger partial charge in [-0.1, -0.05) is 84.3 Å². The average Bonchev–Trinajstić information content (AvgIpc) is 3.01. The summed E-state index contributed by atoms with van der Waals surface area (Å²) in [5.41, 5.74) is 0. The van der Waals surface area contributed by atoms with Crippen molar-refractivity contribution in [1.82, 2.24) is 0 Å². The van der Waals surface area contributed by atoms with Crippen molar-refractivity contribution >= 4 is 5.78 Å². The van der Waals surface area contributed by atoms with Gasteiger partial charge in [-0.05, 0) is 50.4 Å². The molecule has 2 nitrogen and oxygen atoms in total. The number of allylic oxidation sites excluding steroid dienone is 2. The van der Waals surface area contributed by atoms with Crippen LogP contribution in [0.25, 0.3) is 0 Å². The molecule has 1 heterocycles. The Labute approximate surface area is 175 Å². The van der Waals surface area contributed by atoms with Crippen molar-refractivity contribution in [2.24, 2.45) is 11.8 Å². The maximum absolute atomic E-state index is 12.1. The Kier molecular flexibility index (Phi) is 15.6. The van der Waals surface area contributed by atoms with Crippen molar-refractivity contribution in [3.05, 3.63) is 12.2 Å². The number of ketones is 1. The van der Waals surface area contributed by atoms with Gasteiger partial charge in [-0.3, -0.25) is 4.79 Å². The first kappa shape index (κ1) is 25.4. The first-order valence-electron chi connectivity index (χ1n) is 12.4. The summed E-state index contributed by atoms with van der Waals surface area (Å²) in [5.74, 6) is 1.69. The van der Waals surface area contributed by atoms with Crippen LogP contribution >= 0.6 is 0 Å². The molecule has 2 heteroatoms. The molecule has 1 rings (SSSR count). The molecule has 0 spiro atoms. The number of hydrogen-bond donors (Lipinski definition) is 0. The highest BCUT2D eigenvalue weighted by molar-refractivity contribution is 5.78. The van der Waals surface area contributed by atoms with Gasteiger partial charge in [0.15, 0.2) is 0 Å². The highest BCUT2D eigenvalue weighted by Gasteiger charge is 2.30. The first-order chi connectivity index (χ1) is 13.6. The minimum atomic E-state index is 0.313. The van der Waals surface area contributed by atoms with Gasteiger partial charge in [0.2, 0.25) is 0 Å². The van der Waals surface area contributed by atoms with E-state index in [9.17, 15) is 4.79 Å². The number of rotatable bonds is 18. The number of unbranched alkanes of at least 4 members (excludes halogenated alkanes) is 11. The number of carbonyl (C=O) groups is 1. The van der Waals surface area contributed by atoms with Crippen LogP contribution in [-0.2, 0) is 9.53 Å². The third-order valence-corrected chi connectivity index (χ3v) is 6.48. The molecule has 0 aliphatic carbocycles. The summed E-state index contributed by atoms with van der Waals surface area (Å²) in [6, 6.07) is 0. The van der Waals surface area contributed by atoms with Crippen LogP contribution in [-0.4, -0.2) is 18.5 Å². The van der Waals surface area contributed by atoms with Gasteiger partial charge in [0.05, 0.1) is 6.10 Å². The first-order valence-corrected chi connectivity index (χ1v) is 12.4. The van der Waals surface area contributed by atoms with Crippen LogP contribution in [0.1, 0.15) is 124 Å². The highest BCUT2D eigenvalue weighted by Crippen LogP contribution is 2.29. The quantitative estimate of drug-likeness (QED) is 0.174. The lowest BCUT2D eigenvalue weighted by Crippen LogP contribution is -2.17. The van der Waals surface area contributed by atoms with E-state index in [1.165, 1.54) is 77.0 Å². The molecule has 1 aliphatic heterocycles. The molecule has 1 saturated heterocycles. The predicted molar refractivity (Wildman–Crippen MR) is 122 cm³/mol. The second kappa shape index (κ2) is 17.2. The molecule has 0 aromatic rings. The third-order valence-electron chi connectivity index (χ3n) is 6.48. The van der Waals surface area contributed by atoms with Crippen LogP contribution in [0, 0.1) is 11.8 Å². The van der Waals surface area contributed by atoms with Crippen LogP contribution in [0.3, 0.4) is 0 Å². The molecule has 1 aliphatic rings. The summed E-state index contributed by atoms with van der Waals surface area (Å²) >= 11 is 0. The van der Waals surface area contributed by atoms with Crippen LogP contribution in [0.4, 0.5) is 0 Å². The maximum Gasteiger partial charge on any atom is 0.133 e. The summed E-state index contributed by atoms with van der Waals surface area (Å²) in [6.45, 7) is 7.65. The summed E-state index contributed by atoms with van der Waals surface area (Å²) < 4.78 is 5.80. The lowest BCUT2D eigenvalue weighted by atomic mass is 9.91. The largest absolute Gasteiger partial charge is 0.378 e. The van der Waals surface area contributed by atoms with Crippen molar-refractivity contribution in [3.63, 3.8) is 0 Å². The standard InChI is InChI=1S/C26H48O2/c1-4-5-6-7-8-9-10-11-12-13-14-15-16-17-18-19-25(27)20-21-26-24(3)23(2)22-28-26/h11-12,23-24,26H,4-10,13-22H2,1-3H3/b12-11-. The van der Waals surface area contributed by atoms with Crippen LogP contribution in [0.2, 0.25) is 0 Å². The molecular weight excluding hydrogens is 344 g/mol.